The molecule has 1 aromatic rings. The molecule has 0 aliphatic heterocycles. The van der Waals surface area contributed by atoms with Gasteiger partial charge in [-0.3, -0.25) is 0 Å². The first-order valence-electron chi connectivity index (χ1n) is 5.70. The normalized spacial score (nSPS) is 10.8. The number of aryl methyl sites for hydroxylation is 1. The van der Waals surface area contributed by atoms with E-state index < -0.39 is 11.9 Å². The molecule has 0 bridgehead atoms. The topological polar surface area (TPSA) is 64.6 Å². The number of hydrogen-bond donors (Lipinski definition) is 1. The fourth-order valence-corrected chi connectivity index (χ4v) is 1.46. The van der Waals surface area contributed by atoms with Crippen LogP contribution in [-0.2, 0) is 19.1 Å². The molecule has 0 unspecified atom stereocenters. The summed E-state index contributed by atoms with van der Waals surface area (Å²) in [7, 11) is 2.49. The number of hydrogen-bond acceptors (Lipinski definition) is 5. The zero-order valence-electron chi connectivity index (χ0n) is 11.4. The standard InChI is InChI=1S/C14H17NO4/c1-9-6-5-7-11(10(9)2)15-12(14(17)19-4)8-13(16)18-3/h5-8,15H,1-4H3/b12-8+. The van der Waals surface area contributed by atoms with E-state index in [2.05, 4.69) is 14.8 Å². The lowest BCUT2D eigenvalue weighted by Gasteiger charge is -2.12. The molecule has 0 saturated carbocycles. The number of anilines is 1. The van der Waals surface area contributed by atoms with Gasteiger partial charge < -0.3 is 14.8 Å². The van der Waals surface area contributed by atoms with Crippen LogP contribution in [0.2, 0.25) is 0 Å². The molecule has 1 rings (SSSR count). The monoisotopic (exact) mass is 263 g/mol. The number of rotatable bonds is 4. The predicted octanol–water partition coefficient (Wildman–Crippen LogP) is 1.95. The molecule has 1 N–H and O–H groups in total. The average Bonchev–Trinajstić information content (AvgIpc) is 2.41. The highest BCUT2D eigenvalue weighted by Gasteiger charge is 2.13. The Morgan fingerprint density at radius 3 is 2.42 bits per heavy atom. The number of methoxy groups -OCH3 is 2. The van der Waals surface area contributed by atoms with Crippen molar-refractivity contribution in [3.8, 4) is 0 Å². The Hall–Kier alpha value is -2.30. The highest BCUT2D eigenvalue weighted by molar-refractivity contribution is 5.98. The van der Waals surface area contributed by atoms with Gasteiger partial charge in [-0.2, -0.15) is 0 Å². The summed E-state index contributed by atoms with van der Waals surface area (Å²) in [6.45, 7) is 3.88. The van der Waals surface area contributed by atoms with Crippen LogP contribution in [0, 0.1) is 13.8 Å². The summed E-state index contributed by atoms with van der Waals surface area (Å²) in [5.41, 5.74) is 2.83. The van der Waals surface area contributed by atoms with Crippen LogP contribution < -0.4 is 5.32 Å². The Morgan fingerprint density at radius 1 is 1.16 bits per heavy atom. The minimum Gasteiger partial charge on any atom is -0.466 e. The van der Waals surface area contributed by atoms with E-state index in [0.717, 1.165) is 22.9 Å². The second-order valence-electron chi connectivity index (χ2n) is 3.95. The zero-order chi connectivity index (χ0) is 14.4. The minimum absolute atomic E-state index is 0.0306. The first kappa shape index (κ1) is 14.8. The van der Waals surface area contributed by atoms with Gasteiger partial charge >= 0.3 is 11.9 Å². The molecule has 102 valence electrons. The highest BCUT2D eigenvalue weighted by atomic mass is 16.5. The van der Waals surface area contributed by atoms with Crippen LogP contribution in [0.3, 0.4) is 0 Å². The smallest absolute Gasteiger partial charge is 0.354 e. The lowest BCUT2D eigenvalue weighted by molar-refractivity contribution is -0.138. The van der Waals surface area contributed by atoms with Gasteiger partial charge in [-0.15, -0.1) is 0 Å². The molecule has 19 heavy (non-hydrogen) atoms. The second-order valence-corrected chi connectivity index (χ2v) is 3.95. The molecule has 0 aliphatic rings. The van der Waals surface area contributed by atoms with Gasteiger partial charge in [0.2, 0.25) is 0 Å². The molecular formula is C14H17NO4. The number of carbonyl (C=O) groups is 2. The molecule has 0 amide bonds. The maximum atomic E-state index is 11.6. The Bertz CT molecular complexity index is 520. The molecule has 0 spiro atoms. The van der Waals surface area contributed by atoms with Crippen LogP contribution in [-0.4, -0.2) is 26.2 Å². The van der Waals surface area contributed by atoms with Crippen LogP contribution in [0.1, 0.15) is 11.1 Å². The van der Waals surface area contributed by atoms with Crippen LogP contribution in [0.25, 0.3) is 0 Å². The molecule has 0 fully saturated rings. The molecule has 0 radical (unpaired) electrons. The average molecular weight is 263 g/mol. The maximum Gasteiger partial charge on any atom is 0.354 e. The quantitative estimate of drug-likeness (QED) is 0.664. The second kappa shape index (κ2) is 6.58. The summed E-state index contributed by atoms with van der Waals surface area (Å²) in [6.07, 6.45) is 1.06. The van der Waals surface area contributed by atoms with Crippen molar-refractivity contribution in [2.24, 2.45) is 0 Å². The minimum atomic E-state index is -0.633. The predicted molar refractivity (Wildman–Crippen MR) is 71.7 cm³/mol. The summed E-state index contributed by atoms with van der Waals surface area (Å²) in [6, 6.07) is 5.64. The molecule has 1 aromatic carbocycles. The number of nitrogens with one attached hydrogen (secondary N) is 1. The van der Waals surface area contributed by atoms with E-state index in [0.29, 0.717) is 0 Å². The lowest BCUT2D eigenvalue weighted by Crippen LogP contribution is -2.16. The maximum absolute atomic E-state index is 11.6. The van der Waals surface area contributed by atoms with Crippen molar-refractivity contribution in [2.75, 3.05) is 19.5 Å². The van der Waals surface area contributed by atoms with Crippen molar-refractivity contribution in [2.45, 2.75) is 13.8 Å². The van der Waals surface area contributed by atoms with Gasteiger partial charge in [0.25, 0.3) is 0 Å². The van der Waals surface area contributed by atoms with Crippen molar-refractivity contribution in [1.29, 1.82) is 0 Å². The SMILES string of the molecule is COC(=O)/C=C(/Nc1cccc(C)c1C)C(=O)OC. The first-order valence-corrected chi connectivity index (χ1v) is 5.70. The zero-order valence-corrected chi connectivity index (χ0v) is 11.4. The van der Waals surface area contributed by atoms with Gasteiger partial charge in [-0.25, -0.2) is 9.59 Å². The van der Waals surface area contributed by atoms with E-state index in [1.54, 1.807) is 0 Å². The van der Waals surface area contributed by atoms with Gasteiger partial charge in [0.05, 0.1) is 20.3 Å². The van der Waals surface area contributed by atoms with Crippen molar-refractivity contribution in [3.63, 3.8) is 0 Å². The fraction of sp³-hybridized carbons (Fsp3) is 0.286. The van der Waals surface area contributed by atoms with E-state index in [1.165, 1.54) is 14.2 Å². The van der Waals surface area contributed by atoms with Gasteiger partial charge in [0.1, 0.15) is 5.70 Å². The van der Waals surface area contributed by atoms with Crippen molar-refractivity contribution in [1.82, 2.24) is 0 Å². The van der Waals surface area contributed by atoms with Crippen molar-refractivity contribution < 1.29 is 19.1 Å². The molecule has 0 aromatic heterocycles. The number of ether oxygens (including phenoxy) is 2. The molecule has 5 nitrogen and oxygen atoms in total. The van der Waals surface area contributed by atoms with E-state index in [-0.39, 0.29) is 5.70 Å². The van der Waals surface area contributed by atoms with Crippen molar-refractivity contribution >= 4 is 17.6 Å². The van der Waals surface area contributed by atoms with Crippen LogP contribution in [0.4, 0.5) is 5.69 Å². The van der Waals surface area contributed by atoms with E-state index in [4.69, 9.17) is 0 Å². The molecule has 0 heterocycles. The Labute approximate surface area is 112 Å². The molecule has 0 atom stereocenters. The third-order valence-electron chi connectivity index (χ3n) is 2.74. The summed E-state index contributed by atoms with van der Waals surface area (Å²) in [5, 5.41) is 2.89. The Balaban J connectivity index is 3.08. The van der Waals surface area contributed by atoms with E-state index in [9.17, 15) is 9.59 Å². The van der Waals surface area contributed by atoms with Crippen LogP contribution >= 0.6 is 0 Å². The lowest BCUT2D eigenvalue weighted by atomic mass is 10.1. The van der Waals surface area contributed by atoms with Crippen LogP contribution in [0.5, 0.6) is 0 Å². The van der Waals surface area contributed by atoms with Crippen LogP contribution in [0.15, 0.2) is 30.0 Å². The number of carbonyl (C=O) groups excluding carboxylic acids is 2. The molecule has 5 heteroatoms. The summed E-state index contributed by atoms with van der Waals surface area (Å²) < 4.78 is 9.13. The largest absolute Gasteiger partial charge is 0.466 e. The highest BCUT2D eigenvalue weighted by Crippen LogP contribution is 2.20. The Kier molecular flexibility index (Phi) is 5.11. The third-order valence-corrected chi connectivity index (χ3v) is 2.74. The van der Waals surface area contributed by atoms with E-state index in [1.807, 2.05) is 32.0 Å². The first-order chi connectivity index (χ1) is 8.99. The third kappa shape index (κ3) is 3.84. The van der Waals surface area contributed by atoms with Gasteiger partial charge in [-0.1, -0.05) is 12.1 Å². The van der Waals surface area contributed by atoms with Gasteiger partial charge in [0, 0.05) is 5.69 Å². The van der Waals surface area contributed by atoms with Gasteiger partial charge in [-0.05, 0) is 31.0 Å². The number of benzene rings is 1. The molecule has 0 saturated heterocycles. The molecular weight excluding hydrogens is 246 g/mol. The Morgan fingerprint density at radius 2 is 1.84 bits per heavy atom. The number of esters is 2. The van der Waals surface area contributed by atoms with Gasteiger partial charge in [0.15, 0.2) is 0 Å². The van der Waals surface area contributed by atoms with Crippen molar-refractivity contribution in [3.05, 3.63) is 41.1 Å². The molecule has 0 aliphatic carbocycles. The summed E-state index contributed by atoms with van der Waals surface area (Å²) >= 11 is 0. The summed E-state index contributed by atoms with van der Waals surface area (Å²) in [5.74, 6) is -1.26. The summed E-state index contributed by atoms with van der Waals surface area (Å²) in [4.78, 5) is 22.8. The fourth-order valence-electron chi connectivity index (χ4n) is 1.46. The van der Waals surface area contributed by atoms with E-state index >= 15 is 0 Å².